The molecule has 0 aliphatic carbocycles. The lowest BCUT2D eigenvalue weighted by Crippen LogP contribution is -2.51. The van der Waals surface area contributed by atoms with Crippen molar-refractivity contribution in [2.24, 2.45) is 5.92 Å². The topological polar surface area (TPSA) is 61.4 Å². The lowest BCUT2D eigenvalue weighted by molar-refractivity contribution is -0.132. The number of nitrogens with one attached hydrogen (secondary N) is 2. The molecule has 0 atom stereocenters. The molecule has 0 radical (unpaired) electrons. The second-order valence-corrected chi connectivity index (χ2v) is 4.84. The Bertz CT molecular complexity index is 283. The minimum atomic E-state index is 0.0789. The number of rotatable bonds is 4. The van der Waals surface area contributed by atoms with Crippen LogP contribution < -0.4 is 10.6 Å². The average Bonchev–Trinajstić information content (AvgIpc) is 2.27. The van der Waals surface area contributed by atoms with Crippen molar-refractivity contribution in [2.75, 3.05) is 32.7 Å². The second-order valence-electron chi connectivity index (χ2n) is 4.84. The second kappa shape index (κ2) is 6.00. The van der Waals surface area contributed by atoms with E-state index in [0.29, 0.717) is 13.0 Å². The van der Waals surface area contributed by atoms with E-state index in [9.17, 15) is 9.59 Å². The molecule has 0 aromatic heterocycles. The fraction of sp³-hybridized carbons (Fsp3) is 0.833. The van der Waals surface area contributed by atoms with Crippen LogP contribution in [0.4, 0.5) is 0 Å². The number of hydrogen-bond donors (Lipinski definition) is 2. The number of amides is 2. The maximum atomic E-state index is 11.8. The number of hydrogen-bond acceptors (Lipinski definition) is 3. The molecule has 2 amide bonds. The maximum absolute atomic E-state index is 11.8. The Morgan fingerprint density at radius 2 is 1.88 bits per heavy atom. The maximum Gasteiger partial charge on any atom is 0.225 e. The third-order valence-electron chi connectivity index (χ3n) is 3.50. The fourth-order valence-corrected chi connectivity index (χ4v) is 2.21. The smallest absolute Gasteiger partial charge is 0.225 e. The standard InChI is InChI=1S/C12H21N3O2/c16-11(15-6-2-1-3-7-15)4-5-14-12(17)10-8-13-9-10/h10,13H,1-9H2,(H,14,17). The van der Waals surface area contributed by atoms with E-state index in [1.807, 2.05) is 4.90 Å². The zero-order valence-corrected chi connectivity index (χ0v) is 10.2. The van der Waals surface area contributed by atoms with Crippen molar-refractivity contribution in [1.29, 1.82) is 0 Å². The van der Waals surface area contributed by atoms with Crippen LogP contribution in [-0.4, -0.2) is 49.4 Å². The molecule has 2 aliphatic rings. The zero-order valence-electron chi connectivity index (χ0n) is 10.2. The van der Waals surface area contributed by atoms with Crippen molar-refractivity contribution >= 4 is 11.8 Å². The largest absolute Gasteiger partial charge is 0.355 e. The van der Waals surface area contributed by atoms with Gasteiger partial charge in [0.05, 0.1) is 5.92 Å². The Morgan fingerprint density at radius 1 is 1.18 bits per heavy atom. The van der Waals surface area contributed by atoms with Crippen molar-refractivity contribution in [3.63, 3.8) is 0 Å². The van der Waals surface area contributed by atoms with E-state index in [2.05, 4.69) is 10.6 Å². The third-order valence-corrected chi connectivity index (χ3v) is 3.50. The summed E-state index contributed by atoms with van der Waals surface area (Å²) in [5, 5.41) is 5.89. The van der Waals surface area contributed by atoms with Gasteiger partial charge in [0.1, 0.15) is 0 Å². The Labute approximate surface area is 102 Å². The van der Waals surface area contributed by atoms with E-state index in [4.69, 9.17) is 0 Å². The molecule has 5 heteroatoms. The van der Waals surface area contributed by atoms with E-state index < -0.39 is 0 Å². The summed E-state index contributed by atoms with van der Waals surface area (Å²) in [6.45, 7) is 3.79. The van der Waals surface area contributed by atoms with Crippen molar-refractivity contribution in [2.45, 2.75) is 25.7 Å². The van der Waals surface area contributed by atoms with Crippen LogP contribution in [0, 0.1) is 5.92 Å². The average molecular weight is 239 g/mol. The monoisotopic (exact) mass is 239 g/mol. The van der Waals surface area contributed by atoms with Crippen LogP contribution in [0.1, 0.15) is 25.7 Å². The van der Waals surface area contributed by atoms with Crippen LogP contribution in [0.2, 0.25) is 0 Å². The molecule has 2 fully saturated rings. The fourth-order valence-electron chi connectivity index (χ4n) is 2.21. The number of likely N-dealkylation sites (tertiary alicyclic amines) is 1. The normalized spacial score (nSPS) is 20.8. The molecule has 17 heavy (non-hydrogen) atoms. The van der Waals surface area contributed by atoms with Gasteiger partial charge in [-0.3, -0.25) is 9.59 Å². The van der Waals surface area contributed by atoms with E-state index >= 15 is 0 Å². The first-order valence-electron chi connectivity index (χ1n) is 6.53. The number of piperidine rings is 1. The SMILES string of the molecule is O=C(NCCC(=O)N1CCCCC1)C1CNC1. The van der Waals surface area contributed by atoms with Gasteiger partial charge >= 0.3 is 0 Å². The van der Waals surface area contributed by atoms with Gasteiger partial charge in [0.15, 0.2) is 0 Å². The Balaban J connectivity index is 1.60. The summed E-state index contributed by atoms with van der Waals surface area (Å²) in [5.41, 5.74) is 0. The molecule has 2 N–H and O–H groups in total. The summed E-state index contributed by atoms with van der Waals surface area (Å²) in [6, 6.07) is 0. The molecule has 0 aromatic rings. The highest BCUT2D eigenvalue weighted by molar-refractivity contribution is 5.81. The number of carbonyl (C=O) groups is 2. The molecule has 5 nitrogen and oxygen atoms in total. The summed E-state index contributed by atoms with van der Waals surface area (Å²) >= 11 is 0. The summed E-state index contributed by atoms with van der Waals surface area (Å²) in [4.78, 5) is 25.2. The molecule has 2 rings (SSSR count). The van der Waals surface area contributed by atoms with Crippen LogP contribution >= 0.6 is 0 Å². The third kappa shape index (κ3) is 3.43. The number of carbonyl (C=O) groups excluding carboxylic acids is 2. The van der Waals surface area contributed by atoms with Gasteiger partial charge in [-0.05, 0) is 19.3 Å². The highest BCUT2D eigenvalue weighted by atomic mass is 16.2. The van der Waals surface area contributed by atoms with Crippen LogP contribution in [0.5, 0.6) is 0 Å². The molecule has 0 spiro atoms. The Kier molecular flexibility index (Phi) is 4.36. The van der Waals surface area contributed by atoms with Crippen molar-refractivity contribution < 1.29 is 9.59 Å². The molecule has 2 saturated heterocycles. The van der Waals surface area contributed by atoms with Gasteiger partial charge in [0, 0.05) is 39.1 Å². The highest BCUT2D eigenvalue weighted by Gasteiger charge is 2.24. The predicted molar refractivity (Wildman–Crippen MR) is 64.4 cm³/mol. The molecular weight excluding hydrogens is 218 g/mol. The van der Waals surface area contributed by atoms with Gasteiger partial charge in [0.25, 0.3) is 0 Å². The number of nitrogens with zero attached hydrogens (tertiary/aromatic N) is 1. The molecule has 0 saturated carbocycles. The highest BCUT2D eigenvalue weighted by Crippen LogP contribution is 2.09. The predicted octanol–water partition coefficient (Wildman–Crippen LogP) is -0.275. The molecule has 0 aromatic carbocycles. The minimum absolute atomic E-state index is 0.0789. The Hall–Kier alpha value is -1.10. The van der Waals surface area contributed by atoms with Crippen LogP contribution in [0.25, 0.3) is 0 Å². The summed E-state index contributed by atoms with van der Waals surface area (Å²) in [7, 11) is 0. The molecule has 2 heterocycles. The lowest BCUT2D eigenvalue weighted by Gasteiger charge is -2.28. The van der Waals surface area contributed by atoms with Gasteiger partial charge < -0.3 is 15.5 Å². The zero-order chi connectivity index (χ0) is 12.1. The molecular formula is C12H21N3O2. The first-order chi connectivity index (χ1) is 8.27. The minimum Gasteiger partial charge on any atom is -0.355 e. The molecule has 0 unspecified atom stereocenters. The quantitative estimate of drug-likeness (QED) is 0.709. The van der Waals surface area contributed by atoms with Crippen molar-refractivity contribution in [3.05, 3.63) is 0 Å². The van der Waals surface area contributed by atoms with Crippen molar-refractivity contribution in [1.82, 2.24) is 15.5 Å². The van der Waals surface area contributed by atoms with Gasteiger partial charge in [-0.15, -0.1) is 0 Å². The van der Waals surface area contributed by atoms with Gasteiger partial charge in [-0.1, -0.05) is 0 Å². The van der Waals surface area contributed by atoms with E-state index in [0.717, 1.165) is 39.0 Å². The van der Waals surface area contributed by atoms with Crippen LogP contribution in [0.3, 0.4) is 0 Å². The molecule has 0 bridgehead atoms. The first kappa shape index (κ1) is 12.4. The van der Waals surface area contributed by atoms with E-state index in [1.54, 1.807) is 0 Å². The molecule has 96 valence electrons. The van der Waals surface area contributed by atoms with Crippen LogP contribution in [0.15, 0.2) is 0 Å². The summed E-state index contributed by atoms with van der Waals surface area (Å²) < 4.78 is 0. The lowest BCUT2D eigenvalue weighted by atomic mass is 10.0. The van der Waals surface area contributed by atoms with E-state index in [-0.39, 0.29) is 17.7 Å². The molecule has 2 aliphatic heterocycles. The van der Waals surface area contributed by atoms with Crippen molar-refractivity contribution in [3.8, 4) is 0 Å². The van der Waals surface area contributed by atoms with Gasteiger partial charge in [-0.2, -0.15) is 0 Å². The summed E-state index contributed by atoms with van der Waals surface area (Å²) in [6.07, 6.45) is 3.90. The van der Waals surface area contributed by atoms with Gasteiger partial charge in [-0.25, -0.2) is 0 Å². The van der Waals surface area contributed by atoms with E-state index in [1.165, 1.54) is 6.42 Å². The van der Waals surface area contributed by atoms with Crippen LogP contribution in [-0.2, 0) is 9.59 Å². The first-order valence-corrected chi connectivity index (χ1v) is 6.53. The summed E-state index contributed by atoms with van der Waals surface area (Å²) in [5.74, 6) is 0.368. The Morgan fingerprint density at radius 3 is 2.47 bits per heavy atom. The van der Waals surface area contributed by atoms with Gasteiger partial charge in [0.2, 0.25) is 11.8 Å².